The molecule has 0 aliphatic heterocycles. The number of benzene rings is 2. The Bertz CT molecular complexity index is 1030. The van der Waals surface area contributed by atoms with Gasteiger partial charge in [0.2, 0.25) is 0 Å². The van der Waals surface area contributed by atoms with Gasteiger partial charge < -0.3 is 24.8 Å². The quantitative estimate of drug-likeness (QED) is 0.261. The van der Waals surface area contributed by atoms with Crippen LogP contribution in [0.2, 0.25) is 0 Å². The number of phenolic OH excluding ortho intramolecular Hbond substituents is 2. The van der Waals surface area contributed by atoms with Crippen molar-refractivity contribution >= 4 is 17.9 Å². The van der Waals surface area contributed by atoms with E-state index in [-0.39, 0.29) is 56.7 Å². The third kappa shape index (κ3) is 9.55. The van der Waals surface area contributed by atoms with Crippen LogP contribution in [0.1, 0.15) is 31.9 Å². The molecule has 0 fully saturated rings. The highest BCUT2D eigenvalue weighted by molar-refractivity contribution is 5.78. The van der Waals surface area contributed by atoms with Gasteiger partial charge in [0.1, 0.15) is 11.5 Å². The van der Waals surface area contributed by atoms with Gasteiger partial charge in [-0.05, 0) is 18.1 Å². The number of rotatable bonds is 14. The van der Waals surface area contributed by atoms with Gasteiger partial charge >= 0.3 is 17.9 Å². The standard InChI is InChI=1S/C26H34N2O8/c1-18(2)17-35-26(34)25(36-19(3)29)28(15-21-9-5-7-11-23(21)31)13-12-27(16-24(32)33)14-20-8-4-6-10-22(20)30/h4-11,18,25,30-31H,12-17H2,1-3H3,(H,32,33). The molecule has 0 spiro atoms. The lowest BCUT2D eigenvalue weighted by Gasteiger charge is -2.32. The molecule has 0 amide bonds. The first-order chi connectivity index (χ1) is 17.1. The highest BCUT2D eigenvalue weighted by Crippen LogP contribution is 2.21. The van der Waals surface area contributed by atoms with Crippen LogP contribution in [-0.2, 0) is 36.9 Å². The van der Waals surface area contributed by atoms with Crippen molar-refractivity contribution in [3.8, 4) is 11.5 Å². The van der Waals surface area contributed by atoms with E-state index in [1.807, 2.05) is 13.8 Å². The molecule has 10 heteroatoms. The zero-order valence-electron chi connectivity index (χ0n) is 20.8. The summed E-state index contributed by atoms with van der Waals surface area (Å²) in [4.78, 5) is 39.4. The van der Waals surface area contributed by atoms with Crippen LogP contribution in [0, 0.1) is 5.92 Å². The van der Waals surface area contributed by atoms with Crippen LogP contribution in [0.4, 0.5) is 0 Å². The van der Waals surface area contributed by atoms with E-state index in [9.17, 15) is 29.7 Å². The molecule has 10 nitrogen and oxygen atoms in total. The summed E-state index contributed by atoms with van der Waals surface area (Å²) in [6.07, 6.45) is -1.40. The number of ether oxygens (including phenoxy) is 2. The number of carbonyl (C=O) groups is 3. The molecule has 2 aromatic carbocycles. The van der Waals surface area contributed by atoms with Crippen molar-refractivity contribution in [1.82, 2.24) is 9.80 Å². The summed E-state index contributed by atoms with van der Waals surface area (Å²) in [5, 5.41) is 29.8. The Morgan fingerprint density at radius 3 is 1.94 bits per heavy atom. The van der Waals surface area contributed by atoms with Gasteiger partial charge in [0.25, 0.3) is 6.23 Å². The minimum atomic E-state index is -1.40. The molecule has 196 valence electrons. The molecule has 1 atom stereocenters. The van der Waals surface area contributed by atoms with Gasteiger partial charge in [0.15, 0.2) is 0 Å². The molecule has 2 rings (SSSR count). The van der Waals surface area contributed by atoms with E-state index < -0.39 is 24.1 Å². The van der Waals surface area contributed by atoms with Crippen molar-refractivity contribution in [3.05, 3.63) is 59.7 Å². The maximum absolute atomic E-state index is 12.9. The summed E-state index contributed by atoms with van der Waals surface area (Å²) in [5.41, 5.74) is 1.02. The molecular weight excluding hydrogens is 468 g/mol. The Balaban J connectivity index is 2.31. The van der Waals surface area contributed by atoms with Crippen molar-refractivity contribution in [2.24, 2.45) is 5.92 Å². The second-order valence-corrected chi connectivity index (χ2v) is 8.82. The van der Waals surface area contributed by atoms with Crippen molar-refractivity contribution in [3.63, 3.8) is 0 Å². The van der Waals surface area contributed by atoms with E-state index in [1.54, 1.807) is 41.3 Å². The van der Waals surface area contributed by atoms with Gasteiger partial charge in [-0.2, -0.15) is 0 Å². The number of hydrogen-bond acceptors (Lipinski definition) is 9. The molecule has 0 heterocycles. The lowest BCUT2D eigenvalue weighted by atomic mass is 10.1. The summed E-state index contributed by atoms with van der Waals surface area (Å²) in [5.74, 6) is -2.43. The Labute approximate surface area is 210 Å². The van der Waals surface area contributed by atoms with Crippen molar-refractivity contribution in [1.29, 1.82) is 0 Å². The van der Waals surface area contributed by atoms with Crippen LogP contribution >= 0.6 is 0 Å². The zero-order valence-corrected chi connectivity index (χ0v) is 20.8. The van der Waals surface area contributed by atoms with E-state index in [4.69, 9.17) is 9.47 Å². The highest BCUT2D eigenvalue weighted by atomic mass is 16.6. The normalized spacial score (nSPS) is 12.1. The number of hydrogen-bond donors (Lipinski definition) is 3. The number of aromatic hydroxyl groups is 2. The van der Waals surface area contributed by atoms with Gasteiger partial charge in [0.05, 0.1) is 13.2 Å². The minimum absolute atomic E-state index is 0.00350. The number of para-hydroxylation sites is 2. The maximum Gasteiger partial charge on any atom is 0.363 e. The van der Waals surface area contributed by atoms with Crippen LogP contribution in [0.3, 0.4) is 0 Å². The van der Waals surface area contributed by atoms with Crippen LogP contribution in [0.15, 0.2) is 48.5 Å². The number of aliphatic carboxylic acids is 1. The third-order valence-electron chi connectivity index (χ3n) is 5.18. The van der Waals surface area contributed by atoms with Gasteiger partial charge in [-0.1, -0.05) is 50.2 Å². The Hall–Kier alpha value is -3.63. The SMILES string of the molecule is CC(=O)OC(C(=O)OCC(C)C)N(CCN(CC(=O)O)Cc1ccccc1O)Cc1ccccc1O. The van der Waals surface area contributed by atoms with E-state index in [1.165, 1.54) is 24.0 Å². The molecule has 1 unspecified atom stereocenters. The highest BCUT2D eigenvalue weighted by Gasteiger charge is 2.32. The third-order valence-corrected chi connectivity index (χ3v) is 5.18. The van der Waals surface area contributed by atoms with Gasteiger partial charge in [-0.25, -0.2) is 4.79 Å². The predicted molar refractivity (Wildman–Crippen MR) is 131 cm³/mol. The first-order valence-corrected chi connectivity index (χ1v) is 11.6. The second kappa shape index (κ2) is 14.1. The van der Waals surface area contributed by atoms with Gasteiger partial charge in [0, 0.05) is 44.2 Å². The lowest BCUT2D eigenvalue weighted by molar-refractivity contribution is -0.182. The monoisotopic (exact) mass is 502 g/mol. The molecule has 0 aliphatic carbocycles. The number of esters is 2. The number of carbonyl (C=O) groups excluding carboxylic acids is 2. The molecule has 0 bridgehead atoms. The van der Waals surface area contributed by atoms with E-state index in [0.29, 0.717) is 11.1 Å². The molecule has 36 heavy (non-hydrogen) atoms. The largest absolute Gasteiger partial charge is 0.508 e. The summed E-state index contributed by atoms with van der Waals surface area (Å²) in [6, 6.07) is 13.2. The Kier molecular flexibility index (Phi) is 11.2. The van der Waals surface area contributed by atoms with Crippen molar-refractivity contribution in [2.45, 2.75) is 40.1 Å². The molecule has 0 aliphatic rings. The molecule has 3 N–H and O–H groups in total. The fraction of sp³-hybridized carbons (Fsp3) is 0.423. The minimum Gasteiger partial charge on any atom is -0.508 e. The van der Waals surface area contributed by atoms with E-state index in [2.05, 4.69) is 0 Å². The first-order valence-electron chi connectivity index (χ1n) is 11.6. The first kappa shape index (κ1) is 28.6. The molecule has 0 saturated heterocycles. The fourth-order valence-corrected chi connectivity index (χ4v) is 3.45. The predicted octanol–water partition coefficient (Wildman–Crippen LogP) is 2.58. The number of carboxylic acids is 1. The van der Waals surface area contributed by atoms with E-state index in [0.717, 1.165) is 0 Å². The smallest absolute Gasteiger partial charge is 0.363 e. The van der Waals surface area contributed by atoms with Gasteiger partial charge in [-0.15, -0.1) is 0 Å². The topological polar surface area (TPSA) is 137 Å². The zero-order chi connectivity index (χ0) is 26.7. The number of nitrogens with zero attached hydrogens (tertiary/aromatic N) is 2. The molecular formula is C26H34N2O8. The fourth-order valence-electron chi connectivity index (χ4n) is 3.45. The van der Waals surface area contributed by atoms with E-state index >= 15 is 0 Å². The van der Waals surface area contributed by atoms with Crippen LogP contribution in [-0.4, -0.2) is 75.5 Å². The lowest BCUT2D eigenvalue weighted by Crippen LogP contribution is -2.48. The molecule has 0 aromatic heterocycles. The summed E-state index contributed by atoms with van der Waals surface area (Å²) in [7, 11) is 0. The van der Waals surface area contributed by atoms with Crippen LogP contribution in [0.25, 0.3) is 0 Å². The van der Waals surface area contributed by atoms with Crippen LogP contribution in [0.5, 0.6) is 11.5 Å². The average molecular weight is 503 g/mol. The molecule has 2 aromatic rings. The number of phenols is 2. The number of carboxylic acid groups (broad SMARTS) is 1. The average Bonchev–Trinajstić information content (AvgIpc) is 2.80. The molecule has 0 radical (unpaired) electrons. The maximum atomic E-state index is 12.9. The molecule has 0 saturated carbocycles. The van der Waals surface area contributed by atoms with Gasteiger partial charge in [-0.3, -0.25) is 19.4 Å². The second-order valence-electron chi connectivity index (χ2n) is 8.82. The Morgan fingerprint density at radius 1 is 0.889 bits per heavy atom. The Morgan fingerprint density at radius 2 is 1.44 bits per heavy atom. The summed E-state index contributed by atoms with van der Waals surface area (Å²) in [6.45, 7) is 5.11. The van der Waals surface area contributed by atoms with Crippen LogP contribution < -0.4 is 0 Å². The summed E-state index contributed by atoms with van der Waals surface area (Å²) < 4.78 is 10.7. The van der Waals surface area contributed by atoms with Crippen molar-refractivity contribution in [2.75, 3.05) is 26.2 Å². The van der Waals surface area contributed by atoms with Crippen molar-refractivity contribution < 1.29 is 39.2 Å². The summed E-state index contributed by atoms with van der Waals surface area (Å²) >= 11 is 0.